The maximum atomic E-state index is 13.5. The van der Waals surface area contributed by atoms with Crippen LogP contribution in [0.3, 0.4) is 0 Å². The number of nitrogens with one attached hydrogen (secondary N) is 1. The molecule has 0 radical (unpaired) electrons. The highest BCUT2D eigenvalue weighted by Crippen LogP contribution is 2.31. The molecule has 2 rings (SSSR count). The van der Waals surface area contributed by atoms with Crippen molar-refractivity contribution in [3.05, 3.63) is 29.6 Å². The fraction of sp³-hybridized carbons (Fsp3) is 0.625. The highest BCUT2D eigenvalue weighted by Gasteiger charge is 2.32. The van der Waals surface area contributed by atoms with E-state index >= 15 is 0 Å². The number of hydrogen-bond donors (Lipinski definition) is 1. The van der Waals surface area contributed by atoms with Crippen LogP contribution >= 0.6 is 0 Å². The first-order valence-electron chi connectivity index (χ1n) is 7.30. The van der Waals surface area contributed by atoms with Crippen LogP contribution in [0.5, 0.6) is 0 Å². The molecular formula is C16H25FN2. The SMILES string of the molecule is CCNC1CCN(c2cc(F)ccc2C)C(C)C1C. The Bertz CT molecular complexity index is 433. The summed E-state index contributed by atoms with van der Waals surface area (Å²) in [5.74, 6) is 0.422. The van der Waals surface area contributed by atoms with Gasteiger partial charge in [-0.2, -0.15) is 0 Å². The molecule has 3 unspecified atom stereocenters. The van der Waals surface area contributed by atoms with E-state index in [1.165, 1.54) is 6.07 Å². The van der Waals surface area contributed by atoms with Gasteiger partial charge in [-0.05, 0) is 50.4 Å². The van der Waals surface area contributed by atoms with Crippen molar-refractivity contribution >= 4 is 5.69 Å². The van der Waals surface area contributed by atoms with Crippen molar-refractivity contribution in [3.8, 4) is 0 Å². The maximum absolute atomic E-state index is 13.5. The minimum absolute atomic E-state index is 0.144. The molecule has 1 aliphatic heterocycles. The van der Waals surface area contributed by atoms with Crippen molar-refractivity contribution < 1.29 is 4.39 Å². The lowest BCUT2D eigenvalue weighted by Gasteiger charge is -2.44. The number of benzene rings is 1. The van der Waals surface area contributed by atoms with E-state index < -0.39 is 0 Å². The van der Waals surface area contributed by atoms with Crippen molar-refractivity contribution in [3.63, 3.8) is 0 Å². The summed E-state index contributed by atoms with van der Waals surface area (Å²) in [6, 6.07) is 6.09. The Balaban J connectivity index is 2.20. The second-order valence-electron chi connectivity index (χ2n) is 5.68. The molecular weight excluding hydrogens is 239 g/mol. The Kier molecular flexibility index (Phi) is 4.46. The van der Waals surface area contributed by atoms with E-state index in [-0.39, 0.29) is 5.82 Å². The van der Waals surface area contributed by atoms with E-state index in [2.05, 4.69) is 37.9 Å². The van der Waals surface area contributed by atoms with Crippen LogP contribution in [0, 0.1) is 18.7 Å². The van der Waals surface area contributed by atoms with Crippen LogP contribution in [-0.2, 0) is 0 Å². The van der Waals surface area contributed by atoms with Gasteiger partial charge >= 0.3 is 0 Å². The summed E-state index contributed by atoms with van der Waals surface area (Å²) in [6.07, 6.45) is 1.12. The number of anilines is 1. The minimum Gasteiger partial charge on any atom is -0.368 e. The summed E-state index contributed by atoms with van der Waals surface area (Å²) in [7, 11) is 0. The first-order valence-corrected chi connectivity index (χ1v) is 7.30. The molecule has 3 atom stereocenters. The number of piperidine rings is 1. The van der Waals surface area contributed by atoms with E-state index in [0.29, 0.717) is 18.0 Å². The first kappa shape index (κ1) is 14.3. The van der Waals surface area contributed by atoms with Crippen LogP contribution in [0.1, 0.15) is 32.8 Å². The van der Waals surface area contributed by atoms with Crippen LogP contribution in [0.2, 0.25) is 0 Å². The molecule has 1 aromatic carbocycles. The van der Waals surface area contributed by atoms with Crippen molar-refractivity contribution in [1.82, 2.24) is 5.32 Å². The molecule has 0 aliphatic carbocycles. The third kappa shape index (κ3) is 2.92. The van der Waals surface area contributed by atoms with Gasteiger partial charge in [0.15, 0.2) is 0 Å². The van der Waals surface area contributed by atoms with E-state index in [9.17, 15) is 4.39 Å². The summed E-state index contributed by atoms with van der Waals surface area (Å²) < 4.78 is 13.5. The molecule has 2 nitrogen and oxygen atoms in total. The molecule has 0 aromatic heterocycles. The second kappa shape index (κ2) is 5.91. The predicted octanol–water partition coefficient (Wildman–Crippen LogP) is 3.35. The van der Waals surface area contributed by atoms with Crippen molar-refractivity contribution in [2.75, 3.05) is 18.0 Å². The van der Waals surface area contributed by atoms with Gasteiger partial charge in [0, 0.05) is 24.3 Å². The summed E-state index contributed by atoms with van der Waals surface area (Å²) >= 11 is 0. The normalized spacial score (nSPS) is 27.6. The Morgan fingerprint density at radius 3 is 2.79 bits per heavy atom. The van der Waals surface area contributed by atoms with Gasteiger partial charge < -0.3 is 10.2 Å². The molecule has 1 fully saturated rings. The quantitative estimate of drug-likeness (QED) is 0.900. The van der Waals surface area contributed by atoms with Crippen molar-refractivity contribution in [2.45, 2.75) is 46.2 Å². The van der Waals surface area contributed by atoms with Gasteiger partial charge in [0.05, 0.1) is 0 Å². The molecule has 19 heavy (non-hydrogen) atoms. The smallest absolute Gasteiger partial charge is 0.125 e. The summed E-state index contributed by atoms with van der Waals surface area (Å²) in [5, 5.41) is 3.56. The molecule has 106 valence electrons. The van der Waals surface area contributed by atoms with Crippen LogP contribution in [-0.4, -0.2) is 25.2 Å². The van der Waals surface area contributed by atoms with Gasteiger partial charge in [0.1, 0.15) is 5.82 Å². The van der Waals surface area contributed by atoms with Gasteiger partial charge in [-0.1, -0.05) is 19.9 Å². The van der Waals surface area contributed by atoms with Crippen molar-refractivity contribution in [2.24, 2.45) is 5.92 Å². The van der Waals surface area contributed by atoms with Gasteiger partial charge in [0.25, 0.3) is 0 Å². The number of halogens is 1. The topological polar surface area (TPSA) is 15.3 Å². The summed E-state index contributed by atoms with van der Waals surface area (Å²) in [5.41, 5.74) is 2.21. The van der Waals surface area contributed by atoms with Crippen LogP contribution in [0.15, 0.2) is 18.2 Å². The molecule has 0 spiro atoms. The number of rotatable bonds is 3. The predicted molar refractivity (Wildman–Crippen MR) is 79.2 cm³/mol. The third-order valence-corrected chi connectivity index (χ3v) is 4.52. The van der Waals surface area contributed by atoms with Gasteiger partial charge in [-0.15, -0.1) is 0 Å². The van der Waals surface area contributed by atoms with Crippen molar-refractivity contribution in [1.29, 1.82) is 0 Å². The Hall–Kier alpha value is -1.09. The highest BCUT2D eigenvalue weighted by molar-refractivity contribution is 5.54. The molecule has 1 aliphatic rings. The Morgan fingerprint density at radius 1 is 1.37 bits per heavy atom. The van der Waals surface area contributed by atoms with Crippen LogP contribution in [0.4, 0.5) is 10.1 Å². The van der Waals surface area contributed by atoms with Gasteiger partial charge in [-0.3, -0.25) is 0 Å². The number of nitrogens with zero attached hydrogens (tertiary/aromatic N) is 1. The average Bonchev–Trinajstić information content (AvgIpc) is 2.39. The zero-order valence-electron chi connectivity index (χ0n) is 12.4. The fourth-order valence-electron chi connectivity index (χ4n) is 3.15. The lowest BCUT2D eigenvalue weighted by Crippen LogP contribution is -2.53. The standard InChI is InChI=1S/C16H25FN2/c1-5-18-15-8-9-19(13(4)12(15)3)16-10-14(17)7-6-11(16)2/h6-7,10,12-13,15,18H,5,8-9H2,1-4H3. The lowest BCUT2D eigenvalue weighted by molar-refractivity contribution is 0.274. The molecule has 0 amide bonds. The van der Waals surface area contributed by atoms with Gasteiger partial charge in [-0.25, -0.2) is 4.39 Å². The van der Waals surface area contributed by atoms with E-state index in [4.69, 9.17) is 0 Å². The molecule has 1 N–H and O–H groups in total. The van der Waals surface area contributed by atoms with E-state index in [1.54, 1.807) is 6.07 Å². The second-order valence-corrected chi connectivity index (χ2v) is 5.68. The van der Waals surface area contributed by atoms with Crippen LogP contribution in [0.25, 0.3) is 0 Å². The molecule has 3 heteroatoms. The van der Waals surface area contributed by atoms with Crippen LogP contribution < -0.4 is 10.2 Å². The maximum Gasteiger partial charge on any atom is 0.125 e. The molecule has 1 heterocycles. The molecule has 1 aromatic rings. The number of aryl methyl sites for hydroxylation is 1. The minimum atomic E-state index is -0.144. The van der Waals surface area contributed by atoms with E-state index in [1.807, 2.05) is 6.07 Å². The van der Waals surface area contributed by atoms with Gasteiger partial charge in [0.2, 0.25) is 0 Å². The fourth-order valence-corrected chi connectivity index (χ4v) is 3.15. The number of hydrogen-bond acceptors (Lipinski definition) is 2. The largest absolute Gasteiger partial charge is 0.368 e. The Morgan fingerprint density at radius 2 is 2.11 bits per heavy atom. The molecule has 0 saturated carbocycles. The monoisotopic (exact) mass is 264 g/mol. The highest BCUT2D eigenvalue weighted by atomic mass is 19.1. The average molecular weight is 264 g/mol. The first-order chi connectivity index (χ1) is 9.04. The zero-order chi connectivity index (χ0) is 14.0. The lowest BCUT2D eigenvalue weighted by atomic mass is 9.86. The third-order valence-electron chi connectivity index (χ3n) is 4.52. The zero-order valence-corrected chi connectivity index (χ0v) is 12.4. The Labute approximate surface area is 116 Å². The summed E-state index contributed by atoms with van der Waals surface area (Å²) in [6.45, 7) is 10.8. The molecule has 0 bridgehead atoms. The van der Waals surface area contributed by atoms with E-state index in [0.717, 1.165) is 30.8 Å². The molecule has 1 saturated heterocycles. The summed E-state index contributed by atoms with van der Waals surface area (Å²) in [4.78, 5) is 2.36.